The van der Waals surface area contributed by atoms with Gasteiger partial charge in [-0.25, -0.2) is 19.2 Å². The lowest BCUT2D eigenvalue weighted by Gasteiger charge is -2.39. The molecule has 0 spiro atoms. The molecule has 7 rings (SSSR count). The van der Waals surface area contributed by atoms with E-state index < -0.39 is 46.5 Å². The number of aliphatic carboxylic acids is 1. The molecule has 3 radical (unpaired) electrons. The number of amides is 2. The molecule has 0 saturated carbocycles. The number of carboxylic acid groups (broad SMARTS) is 1. The lowest BCUT2D eigenvalue weighted by molar-refractivity contribution is -0.152. The third-order valence-corrected chi connectivity index (χ3v) is 12.2. The molecule has 13 nitrogen and oxygen atoms in total. The van der Waals surface area contributed by atoms with Crippen LogP contribution < -0.4 is 4.74 Å². The van der Waals surface area contributed by atoms with Crippen molar-refractivity contribution < 1.29 is 38.5 Å². The minimum atomic E-state index is -1.40. The highest BCUT2D eigenvalue weighted by atomic mass is 35.5. The van der Waals surface area contributed by atoms with Crippen LogP contribution >= 0.6 is 11.6 Å². The van der Waals surface area contributed by atoms with Crippen molar-refractivity contribution in [2.75, 3.05) is 33.3 Å². The summed E-state index contributed by atoms with van der Waals surface area (Å²) in [5.41, 5.74) is 1.73. The zero-order valence-corrected chi connectivity index (χ0v) is 33.3. The highest BCUT2D eigenvalue weighted by Crippen LogP contribution is 2.32. The summed E-state index contributed by atoms with van der Waals surface area (Å²) in [4.78, 5) is 54.0. The van der Waals surface area contributed by atoms with E-state index in [2.05, 4.69) is 19.7 Å². The molecule has 2 amide bonds. The topological polar surface area (TPSA) is 151 Å². The number of halogens is 2. The largest absolute Gasteiger partial charge is 0.480 e. The van der Waals surface area contributed by atoms with E-state index >= 15 is 0 Å². The Morgan fingerprint density at radius 1 is 1.12 bits per heavy atom. The van der Waals surface area contributed by atoms with Gasteiger partial charge in [-0.2, -0.15) is 0 Å². The Kier molecular flexibility index (Phi) is 11.3. The van der Waals surface area contributed by atoms with Crippen molar-refractivity contribution >= 4 is 50.7 Å². The highest BCUT2D eigenvalue weighted by molar-refractivity contribution is 6.30. The summed E-state index contributed by atoms with van der Waals surface area (Å²) in [6.07, 6.45) is 1.56. The van der Waals surface area contributed by atoms with E-state index in [1.165, 1.54) is 18.0 Å². The summed E-state index contributed by atoms with van der Waals surface area (Å²) in [7, 11) is 5.35. The van der Waals surface area contributed by atoms with Gasteiger partial charge in [-0.3, -0.25) is 14.5 Å². The fourth-order valence-electron chi connectivity index (χ4n) is 7.67. The first-order valence-corrected chi connectivity index (χ1v) is 19.6. The number of benzene rings is 2. The van der Waals surface area contributed by atoms with E-state index in [0.717, 1.165) is 54.3 Å². The van der Waals surface area contributed by atoms with Crippen molar-refractivity contribution in [2.45, 2.75) is 88.1 Å². The molecule has 3 fully saturated rings. The number of hydrogen-bond acceptors (Lipinski definition) is 9. The second-order valence-corrected chi connectivity index (χ2v) is 16.9. The van der Waals surface area contributed by atoms with E-state index in [-0.39, 0.29) is 25.5 Å². The van der Waals surface area contributed by atoms with Crippen LogP contribution in [0.15, 0.2) is 54.6 Å². The van der Waals surface area contributed by atoms with E-state index in [1.807, 2.05) is 18.2 Å². The van der Waals surface area contributed by atoms with Gasteiger partial charge in [0.05, 0.1) is 39.1 Å². The zero-order chi connectivity index (χ0) is 39.9. The molecule has 3 atom stereocenters. The standard InChI is InChI=1S/C40H45ClFN6O7Si/c1-39(2,38(53)47-20-28(49)19-33(47)37(51)52)45(3)36(50)25-8-10-32-31(17-25)43-34(48(32)23-40(56)13-16-55-40)21-46-14-11-24(12-15-46)30-5-4-6-35(44-30)54-22-26-7-9-27(41)18-29(26)42/h4-10,17-18,24,28,33,49H,11-16,19-23H2,1-3H3,(H,51,52)/t28-,33+,40-/m1/s1. The smallest absolute Gasteiger partial charge is 0.326 e. The number of carbonyl (C=O) groups is 3. The molecule has 0 aliphatic carbocycles. The molecule has 295 valence electrons. The Labute approximate surface area is 332 Å². The molecule has 56 heavy (non-hydrogen) atoms. The Balaban J connectivity index is 1.04. The van der Waals surface area contributed by atoms with Crippen LogP contribution in [0.5, 0.6) is 5.88 Å². The third kappa shape index (κ3) is 8.19. The van der Waals surface area contributed by atoms with Gasteiger partial charge >= 0.3 is 5.97 Å². The maximum absolute atomic E-state index is 14.3. The van der Waals surface area contributed by atoms with Gasteiger partial charge in [0.1, 0.15) is 29.8 Å². The normalized spacial score (nSPS) is 21.9. The van der Waals surface area contributed by atoms with Crippen LogP contribution in [0, 0.1) is 5.82 Å². The van der Waals surface area contributed by atoms with Gasteiger partial charge in [0.15, 0.2) is 0 Å². The van der Waals surface area contributed by atoms with E-state index in [9.17, 15) is 29.0 Å². The first kappa shape index (κ1) is 39.8. The molecule has 0 bridgehead atoms. The number of aliphatic hydroxyl groups is 1. The lowest BCUT2D eigenvalue weighted by Crippen LogP contribution is -2.58. The molecule has 2 N–H and O–H groups in total. The molecular formula is C40H45ClFN6O7Si. The van der Waals surface area contributed by atoms with E-state index in [1.54, 1.807) is 44.2 Å². The minimum Gasteiger partial charge on any atom is -0.480 e. The third-order valence-electron chi connectivity index (χ3n) is 11.4. The predicted octanol–water partition coefficient (Wildman–Crippen LogP) is 4.36. The second kappa shape index (κ2) is 15.9. The average Bonchev–Trinajstić information content (AvgIpc) is 3.72. The van der Waals surface area contributed by atoms with Crippen LogP contribution in [0.3, 0.4) is 0 Å². The summed E-state index contributed by atoms with van der Waals surface area (Å²) >= 11 is 5.88. The number of fused-ring (bicyclic) bond motifs is 1. The number of aliphatic hydroxyl groups excluding tert-OH is 1. The summed E-state index contributed by atoms with van der Waals surface area (Å²) in [6, 6.07) is 14.3. The van der Waals surface area contributed by atoms with Crippen molar-refractivity contribution in [1.29, 1.82) is 0 Å². The lowest BCUT2D eigenvalue weighted by atomic mass is 9.93. The molecule has 0 unspecified atom stereocenters. The number of rotatable bonds is 12. The quantitative estimate of drug-likeness (QED) is 0.198. The first-order chi connectivity index (χ1) is 26.6. The number of β-amino-alcohol motifs (C(OH)–C–C–N with tert-alkyl or cyclic N) is 1. The molecule has 3 saturated heterocycles. The van der Waals surface area contributed by atoms with Crippen molar-refractivity contribution in [3.8, 4) is 5.88 Å². The van der Waals surface area contributed by atoms with Gasteiger partial charge in [-0.15, -0.1) is 0 Å². The number of aromatic nitrogens is 3. The second-order valence-electron chi connectivity index (χ2n) is 15.5. The van der Waals surface area contributed by atoms with Crippen molar-refractivity contribution in [2.24, 2.45) is 0 Å². The van der Waals surface area contributed by atoms with Gasteiger partial charge in [0, 0.05) is 67.0 Å². The van der Waals surface area contributed by atoms with Crippen LogP contribution in [0.25, 0.3) is 11.0 Å². The fourth-order valence-corrected chi connectivity index (χ4v) is 8.19. The zero-order valence-electron chi connectivity index (χ0n) is 31.6. The summed E-state index contributed by atoms with van der Waals surface area (Å²) in [6.45, 7) is 6.44. The van der Waals surface area contributed by atoms with Crippen molar-refractivity contribution in [3.63, 3.8) is 0 Å². The van der Waals surface area contributed by atoms with Crippen LogP contribution in [0.1, 0.15) is 72.9 Å². The first-order valence-electron chi connectivity index (χ1n) is 18.8. The van der Waals surface area contributed by atoms with Crippen LogP contribution in [0.2, 0.25) is 5.02 Å². The fraction of sp³-hybridized carbons (Fsp3) is 0.475. The number of imidazole rings is 1. The van der Waals surface area contributed by atoms with Crippen molar-refractivity contribution in [3.05, 3.63) is 88.1 Å². The maximum atomic E-state index is 14.3. The Morgan fingerprint density at radius 2 is 1.88 bits per heavy atom. The molecule has 16 heteroatoms. The minimum absolute atomic E-state index is 0.0447. The Bertz CT molecular complexity index is 2140. The summed E-state index contributed by atoms with van der Waals surface area (Å²) in [5, 5.41) is 19.6. The average molecular weight is 804 g/mol. The van der Waals surface area contributed by atoms with Crippen LogP contribution in [-0.2, 0) is 34.0 Å². The van der Waals surface area contributed by atoms with Gasteiger partial charge in [-0.1, -0.05) is 23.7 Å². The molecule has 4 aromatic rings. The summed E-state index contributed by atoms with van der Waals surface area (Å²) < 4.78 is 28.1. The van der Waals surface area contributed by atoms with Crippen LogP contribution in [-0.4, -0.2) is 124 Å². The Hall–Kier alpha value is -4.41. The highest BCUT2D eigenvalue weighted by Gasteiger charge is 2.46. The van der Waals surface area contributed by atoms with Gasteiger partial charge in [-0.05, 0) is 82.6 Å². The molecule has 2 aromatic carbocycles. The molecule has 3 aliphatic heterocycles. The van der Waals surface area contributed by atoms with E-state index in [0.29, 0.717) is 47.2 Å². The molecule has 3 aliphatic rings. The van der Waals surface area contributed by atoms with Gasteiger partial charge in [0.25, 0.3) is 5.91 Å². The number of nitrogens with zero attached hydrogens (tertiary/aromatic N) is 6. The molecular weight excluding hydrogens is 759 g/mol. The number of ether oxygens (including phenoxy) is 2. The molecule has 2 aromatic heterocycles. The Morgan fingerprint density at radius 3 is 2.55 bits per heavy atom. The SMILES string of the molecule is CN(C(=O)c1ccc2c(c1)nc(CN1CCC(c3cccc(OCc4ccc(Cl)cc4F)n3)CC1)n2C[C@]1([Si])CCO1)C(C)(C)C(=O)N1C[C@H](O)C[C@H]1C(=O)O. The predicted molar refractivity (Wildman–Crippen MR) is 206 cm³/mol. The monoisotopic (exact) mass is 803 g/mol. The number of pyridine rings is 1. The van der Waals surface area contributed by atoms with E-state index in [4.69, 9.17) is 31.0 Å². The van der Waals surface area contributed by atoms with Crippen molar-refractivity contribution in [1.82, 2.24) is 29.2 Å². The maximum Gasteiger partial charge on any atom is 0.326 e. The number of likely N-dealkylation sites (N-methyl/N-ethyl adjacent to an activating group) is 1. The number of carboxylic acids is 1. The van der Waals surface area contributed by atoms with Crippen LogP contribution in [0.4, 0.5) is 4.39 Å². The number of piperidine rings is 1. The van der Waals surface area contributed by atoms with Gasteiger partial charge < -0.3 is 34.1 Å². The number of likely N-dealkylation sites (tertiary alicyclic amines) is 2. The molecule has 5 heterocycles. The number of hydrogen-bond donors (Lipinski definition) is 2. The summed E-state index contributed by atoms with van der Waals surface area (Å²) in [5.74, 6) is -1.11. The van der Waals surface area contributed by atoms with Gasteiger partial charge in [0.2, 0.25) is 11.8 Å². The number of carbonyl (C=O) groups excluding carboxylic acids is 2.